The van der Waals surface area contributed by atoms with Crippen molar-refractivity contribution in [3.8, 4) is 10.4 Å². The van der Waals surface area contributed by atoms with E-state index in [1.165, 1.54) is 28.7 Å². The van der Waals surface area contributed by atoms with E-state index in [0.717, 1.165) is 32.7 Å². The van der Waals surface area contributed by atoms with Gasteiger partial charge in [-0.1, -0.05) is 48.2 Å². The summed E-state index contributed by atoms with van der Waals surface area (Å²) in [7, 11) is 1.97. The Kier molecular flexibility index (Phi) is 5.47. The van der Waals surface area contributed by atoms with Crippen LogP contribution in [0.15, 0.2) is 63.2 Å². The highest BCUT2D eigenvalue weighted by Crippen LogP contribution is 2.36. The summed E-state index contributed by atoms with van der Waals surface area (Å²) in [5, 5.41) is 14.1. The maximum atomic E-state index is 12.9. The maximum absolute atomic E-state index is 12.9. The number of hydrogen-bond acceptors (Lipinski definition) is 7. The first-order valence-electron chi connectivity index (χ1n) is 9.74. The largest absolute Gasteiger partial charge is 0.309 e. The zero-order valence-electron chi connectivity index (χ0n) is 16.9. The van der Waals surface area contributed by atoms with Gasteiger partial charge >= 0.3 is 0 Å². The number of nitrogens with zero attached hydrogens (tertiary/aromatic N) is 4. The quantitative estimate of drug-likeness (QED) is 0.345. The topological polar surface area (TPSA) is 76.5 Å². The maximum Gasteiger partial charge on any atom is 0.260 e. The third-order valence-corrected chi connectivity index (χ3v) is 7.96. The number of fused-ring (bicyclic) bond motifs is 1. The fourth-order valence-electron chi connectivity index (χ4n) is 3.37. The lowest BCUT2D eigenvalue weighted by molar-refractivity contribution is 0.745. The molecule has 0 aliphatic heterocycles. The Labute approximate surface area is 191 Å². The lowest BCUT2D eigenvalue weighted by atomic mass is 10.1. The number of thioether (sulfide) groups is 1. The van der Waals surface area contributed by atoms with Crippen LogP contribution in [0.5, 0.6) is 0 Å². The first-order valence-corrected chi connectivity index (χ1v) is 12.4. The Balaban J connectivity index is 1.40. The molecular formula is C22H19N5OS3. The summed E-state index contributed by atoms with van der Waals surface area (Å²) >= 11 is 4.67. The lowest BCUT2D eigenvalue weighted by Crippen LogP contribution is -2.12. The summed E-state index contributed by atoms with van der Waals surface area (Å²) in [6.45, 7) is 2.02. The van der Waals surface area contributed by atoms with Gasteiger partial charge in [0.25, 0.3) is 5.56 Å². The van der Waals surface area contributed by atoms with E-state index in [9.17, 15) is 4.79 Å². The van der Waals surface area contributed by atoms with Crippen molar-refractivity contribution in [2.24, 2.45) is 7.05 Å². The number of benzene rings is 1. The minimum Gasteiger partial charge on any atom is -0.309 e. The summed E-state index contributed by atoms with van der Waals surface area (Å²) in [4.78, 5) is 22.5. The van der Waals surface area contributed by atoms with Crippen molar-refractivity contribution < 1.29 is 0 Å². The van der Waals surface area contributed by atoms with E-state index in [-0.39, 0.29) is 10.8 Å². The van der Waals surface area contributed by atoms with Crippen molar-refractivity contribution in [3.05, 3.63) is 80.8 Å². The van der Waals surface area contributed by atoms with E-state index in [2.05, 4.69) is 27.3 Å². The van der Waals surface area contributed by atoms with Crippen molar-refractivity contribution in [1.82, 2.24) is 24.7 Å². The molecule has 5 rings (SSSR count). The molecular weight excluding hydrogens is 446 g/mol. The van der Waals surface area contributed by atoms with Crippen molar-refractivity contribution in [2.75, 3.05) is 0 Å². The van der Waals surface area contributed by atoms with Crippen LogP contribution in [-0.4, -0.2) is 24.7 Å². The van der Waals surface area contributed by atoms with E-state index in [1.54, 1.807) is 11.3 Å². The van der Waals surface area contributed by atoms with Crippen LogP contribution >= 0.6 is 34.4 Å². The molecule has 5 aromatic rings. The molecule has 0 radical (unpaired) electrons. The monoisotopic (exact) mass is 465 g/mol. The van der Waals surface area contributed by atoms with Crippen molar-refractivity contribution >= 4 is 44.7 Å². The molecule has 0 bridgehead atoms. The number of thiophene rings is 2. The van der Waals surface area contributed by atoms with Crippen molar-refractivity contribution in [3.63, 3.8) is 0 Å². The Bertz CT molecular complexity index is 1390. The zero-order valence-corrected chi connectivity index (χ0v) is 19.4. The number of nitrogens with one attached hydrogen (secondary N) is 1. The van der Waals surface area contributed by atoms with Crippen LogP contribution < -0.4 is 5.56 Å². The van der Waals surface area contributed by atoms with Gasteiger partial charge in [0, 0.05) is 29.3 Å². The number of aromatic nitrogens is 5. The summed E-state index contributed by atoms with van der Waals surface area (Å²) < 4.78 is 2.00. The van der Waals surface area contributed by atoms with Crippen LogP contribution in [0.3, 0.4) is 0 Å². The Morgan fingerprint density at radius 1 is 1.13 bits per heavy atom. The van der Waals surface area contributed by atoms with Crippen LogP contribution in [0.4, 0.5) is 0 Å². The predicted molar refractivity (Wildman–Crippen MR) is 128 cm³/mol. The van der Waals surface area contributed by atoms with Gasteiger partial charge < -0.3 is 9.55 Å². The third kappa shape index (κ3) is 3.96. The summed E-state index contributed by atoms with van der Waals surface area (Å²) in [5.41, 5.74) is 2.05. The third-order valence-electron chi connectivity index (χ3n) is 5.05. The number of aromatic amines is 1. The van der Waals surface area contributed by atoms with Crippen molar-refractivity contribution in [2.45, 2.75) is 23.8 Å². The highest BCUT2D eigenvalue weighted by Gasteiger charge is 2.19. The molecule has 156 valence electrons. The minimum atomic E-state index is -0.0974. The molecule has 0 spiro atoms. The molecule has 31 heavy (non-hydrogen) atoms. The molecule has 1 unspecified atom stereocenters. The highest BCUT2D eigenvalue weighted by atomic mass is 32.2. The van der Waals surface area contributed by atoms with E-state index >= 15 is 0 Å². The van der Waals surface area contributed by atoms with Crippen LogP contribution in [0.25, 0.3) is 20.7 Å². The number of rotatable bonds is 6. The molecule has 6 nitrogen and oxygen atoms in total. The molecule has 0 aliphatic rings. The van der Waals surface area contributed by atoms with E-state index < -0.39 is 0 Å². The van der Waals surface area contributed by atoms with E-state index in [0.29, 0.717) is 11.2 Å². The zero-order chi connectivity index (χ0) is 21.4. The van der Waals surface area contributed by atoms with Crippen LogP contribution in [0.1, 0.15) is 29.4 Å². The fourth-order valence-corrected chi connectivity index (χ4v) is 6.03. The average Bonchev–Trinajstić information content (AvgIpc) is 3.51. The Morgan fingerprint density at radius 3 is 2.74 bits per heavy atom. The smallest absolute Gasteiger partial charge is 0.260 e. The second-order valence-corrected chi connectivity index (χ2v) is 10.3. The van der Waals surface area contributed by atoms with Gasteiger partial charge in [-0.05, 0) is 23.9 Å². The van der Waals surface area contributed by atoms with Gasteiger partial charge in [-0.25, -0.2) is 4.98 Å². The standard InChI is InChI=1S/C22H19N5OS3/c1-13(31-22-26-25-17(27(22)2)11-14-7-4-3-5-8-14)19-23-20(28)18-15(12-30-21(18)24-19)16-9-6-10-29-16/h3-10,12-13H,11H2,1-2H3,(H,23,24,28). The lowest BCUT2D eigenvalue weighted by Gasteiger charge is -2.10. The Hall–Kier alpha value is -2.75. The summed E-state index contributed by atoms with van der Waals surface area (Å²) in [6, 6.07) is 14.2. The van der Waals surface area contributed by atoms with E-state index in [1.807, 2.05) is 59.6 Å². The molecule has 0 amide bonds. The number of hydrogen-bond donors (Lipinski definition) is 1. The predicted octanol–water partition coefficient (Wildman–Crippen LogP) is 5.29. The molecule has 1 N–H and O–H groups in total. The molecule has 0 aliphatic carbocycles. The highest BCUT2D eigenvalue weighted by molar-refractivity contribution is 7.99. The first kappa shape index (κ1) is 20.2. The molecule has 0 saturated heterocycles. The molecule has 1 aromatic carbocycles. The second kappa shape index (κ2) is 8.41. The van der Waals surface area contributed by atoms with Gasteiger partial charge in [0.15, 0.2) is 5.16 Å². The van der Waals surface area contributed by atoms with E-state index in [4.69, 9.17) is 4.98 Å². The summed E-state index contributed by atoms with van der Waals surface area (Å²) in [5.74, 6) is 1.55. The second-order valence-electron chi connectivity index (χ2n) is 7.14. The van der Waals surface area contributed by atoms with Crippen molar-refractivity contribution in [1.29, 1.82) is 0 Å². The van der Waals surface area contributed by atoms with Gasteiger partial charge in [0.2, 0.25) is 0 Å². The molecule has 4 aromatic heterocycles. The number of H-pyrrole nitrogens is 1. The molecule has 4 heterocycles. The van der Waals surface area contributed by atoms with Gasteiger partial charge in [-0.15, -0.1) is 32.9 Å². The van der Waals surface area contributed by atoms with Gasteiger partial charge in [-0.3, -0.25) is 4.79 Å². The summed E-state index contributed by atoms with van der Waals surface area (Å²) in [6.07, 6.45) is 0.723. The molecule has 1 atom stereocenters. The minimum absolute atomic E-state index is 0.0723. The van der Waals surface area contributed by atoms with Crippen LogP contribution in [-0.2, 0) is 13.5 Å². The fraction of sp³-hybridized carbons (Fsp3) is 0.182. The first-order chi connectivity index (χ1) is 15.1. The normalized spacial score (nSPS) is 12.5. The van der Waals surface area contributed by atoms with Gasteiger partial charge in [-0.2, -0.15) is 0 Å². The van der Waals surface area contributed by atoms with Gasteiger partial charge in [0.05, 0.1) is 10.6 Å². The molecule has 0 saturated carbocycles. The average molecular weight is 466 g/mol. The molecule has 0 fully saturated rings. The SMILES string of the molecule is CC(Sc1nnc(Cc2ccccc2)n1C)c1nc2scc(-c3cccs3)c2c(=O)[nH]1. The van der Waals surface area contributed by atoms with Crippen LogP contribution in [0, 0.1) is 0 Å². The Morgan fingerprint density at radius 2 is 1.97 bits per heavy atom. The molecule has 9 heteroatoms. The van der Waals surface area contributed by atoms with Crippen LogP contribution in [0.2, 0.25) is 0 Å². The van der Waals surface area contributed by atoms with Gasteiger partial charge in [0.1, 0.15) is 16.5 Å².